The molecule has 12 aliphatic heterocycles. The Morgan fingerprint density at radius 1 is 0.391 bits per heavy atom. The molecule has 4 aromatic heterocycles. The van der Waals surface area contributed by atoms with Crippen LogP contribution in [0, 0.1) is 6.92 Å². The first-order valence-electron chi connectivity index (χ1n) is 45.3. The minimum absolute atomic E-state index is 0.00296. The maximum absolute atomic E-state index is 6.37. The zero-order valence-corrected chi connectivity index (χ0v) is 76.4. The highest BCUT2D eigenvalue weighted by Gasteiger charge is 2.43. The first-order chi connectivity index (χ1) is 62.3. The Morgan fingerprint density at radius 3 is 1.08 bits per heavy atom. The number of aryl methyl sites for hydroxylation is 3. The van der Waals surface area contributed by atoms with E-state index in [0.29, 0.717) is 117 Å². The van der Waals surface area contributed by atoms with Gasteiger partial charge < -0.3 is 61.5 Å². The van der Waals surface area contributed by atoms with Crippen molar-refractivity contribution in [3.8, 4) is 0 Å². The third-order valence-corrected chi connectivity index (χ3v) is 28.2. The second kappa shape index (κ2) is 42.5. The van der Waals surface area contributed by atoms with E-state index in [1.54, 1.807) is 6.20 Å². The number of benzene rings is 4. The van der Waals surface area contributed by atoms with Gasteiger partial charge in [0, 0.05) is 192 Å². The number of aromatic amines is 1. The van der Waals surface area contributed by atoms with E-state index in [1.807, 2.05) is 107 Å². The fourth-order valence-corrected chi connectivity index (χ4v) is 20.6. The number of hydrogen-bond donors (Lipinski definition) is 5. The Bertz CT molecular complexity index is 5190. The third-order valence-electron chi connectivity index (χ3n) is 27.1. The summed E-state index contributed by atoms with van der Waals surface area (Å²) < 4.78 is 31.1. The van der Waals surface area contributed by atoms with Crippen LogP contribution in [-0.2, 0) is 65.3 Å². The standard InChI is InChI=1S/C24H32ClN7O.2C23H30ClN7O.C22H28ClN7O/c1-16-11-21(29-30(16)2)22-14-32(20(15-33-22)12-17-3-5-18(25)6-4-17)19-7-9-31(10-8-19)24-13-23(26)27-28-24;1-29-20(6-9-26-29)21-14-31(19(15-32-21)12-16-2-4-17(24)5-3-16)18-7-10-30(11-8-18)23-13-22(25)27-28-23;24-18-4-2-17(3-5-18)12-20-16-32-21(14-30-9-1-8-26-30)15-31(20)19-6-10-29(11-7-19)23-13-22(25)27-28-23;23-16-3-1-15(2-4-16)11-18-14-31-20(19-5-8-25-26-19)13-30(18)17-6-9-29(10-7-17)22-12-21(24)27-28-22/h3-6,11,19-20,22H,7-10,12-15H2,1-2H3,(H2,26,27);2-6,9,18-19,21H,7-8,10-15H2,1H3,(H2,25,27);1-5,8-9,19-21H,6-7,10-16H2,(H2,25,27);1-5,8,17-18,20H,6-7,9-14H2,(H2,24,27)(H,25,26)/t20-,22+;19-,21+;20-,21-;18-,20+/m0000/s1. The van der Waals surface area contributed by atoms with Crippen molar-refractivity contribution in [2.75, 3.05) is 105 Å². The molecule has 0 unspecified atom stereocenters. The number of nitrogens with two attached hydrogens (primary N) is 4. The van der Waals surface area contributed by atoms with Crippen molar-refractivity contribution >= 4 is 93.1 Å². The maximum atomic E-state index is 6.37. The van der Waals surface area contributed by atoms with Crippen molar-refractivity contribution < 1.29 is 18.9 Å². The fraction of sp³-hybridized carbons (Fsp3) is 0.522. The molecule has 32 nitrogen and oxygen atoms in total. The molecule has 4 aromatic carbocycles. The first-order valence-corrected chi connectivity index (χ1v) is 46.8. The fourth-order valence-electron chi connectivity index (χ4n) is 20.1. The van der Waals surface area contributed by atoms with Gasteiger partial charge in [0.1, 0.15) is 65.0 Å². The highest BCUT2D eigenvalue weighted by Crippen LogP contribution is 2.37. The number of ether oxygens (including phenoxy) is 4. The summed E-state index contributed by atoms with van der Waals surface area (Å²) in [6.45, 7) is 17.0. The summed E-state index contributed by atoms with van der Waals surface area (Å²) >= 11 is 24.4. The molecule has 0 aliphatic carbocycles. The number of halogens is 4. The Morgan fingerprint density at radius 2 is 0.750 bits per heavy atom. The Hall–Kier alpha value is -9.68. The maximum Gasteiger partial charge on any atom is 0.135 e. The van der Waals surface area contributed by atoms with Gasteiger partial charge in [0.2, 0.25) is 0 Å². The van der Waals surface area contributed by atoms with Gasteiger partial charge in [-0.05, 0) is 179 Å². The lowest BCUT2D eigenvalue weighted by Crippen LogP contribution is -2.58. The molecule has 8 aromatic rings. The van der Waals surface area contributed by atoms with Crippen molar-refractivity contribution in [2.24, 2.45) is 77.8 Å². The number of rotatable bonds is 17. The molecule has 20 rings (SSSR count). The van der Waals surface area contributed by atoms with E-state index in [0.717, 1.165) is 235 Å². The number of morpholine rings is 4. The van der Waals surface area contributed by atoms with E-state index in [1.165, 1.54) is 22.3 Å². The molecule has 0 spiro atoms. The van der Waals surface area contributed by atoms with Gasteiger partial charge in [-0.2, -0.15) is 20.4 Å². The summed E-state index contributed by atoms with van der Waals surface area (Å²) in [6.07, 6.45) is 22.9. The molecule has 12 aliphatic rings. The minimum atomic E-state index is -0.00296. The van der Waals surface area contributed by atoms with Crippen LogP contribution in [0.5, 0.6) is 0 Å². The van der Waals surface area contributed by atoms with Gasteiger partial charge in [0.15, 0.2) is 0 Å². The monoisotopic (exact) mass is 1820 g/mol. The van der Waals surface area contributed by atoms with E-state index in [4.69, 9.17) is 93.4 Å². The molecular formula is C92H120Cl4N28O4. The molecule has 0 amide bonds. The van der Waals surface area contributed by atoms with Crippen LogP contribution in [-0.4, -0.2) is 285 Å². The molecular weight excluding hydrogens is 1700 g/mol. The lowest BCUT2D eigenvalue weighted by atomic mass is 9.95. The van der Waals surface area contributed by atoms with Crippen LogP contribution in [0.4, 0.5) is 0 Å². The second-order valence-electron chi connectivity index (χ2n) is 35.6. The summed E-state index contributed by atoms with van der Waals surface area (Å²) in [4.78, 5) is 20.0. The molecule has 0 saturated carbocycles. The molecule has 8 fully saturated rings. The number of aromatic nitrogens is 8. The van der Waals surface area contributed by atoms with E-state index >= 15 is 0 Å². The topological polar surface area (TPSA) is 348 Å². The smallest absolute Gasteiger partial charge is 0.135 e. The second-order valence-corrected chi connectivity index (χ2v) is 37.4. The molecule has 9 N–H and O–H groups in total. The summed E-state index contributed by atoms with van der Waals surface area (Å²) in [5.74, 6) is 6.47. The molecule has 680 valence electrons. The summed E-state index contributed by atoms with van der Waals surface area (Å²) in [7, 11) is 3.97. The highest BCUT2D eigenvalue weighted by atomic mass is 35.5. The largest absolute Gasteiger partial charge is 0.385 e. The van der Waals surface area contributed by atoms with Crippen LogP contribution in [0.3, 0.4) is 0 Å². The molecule has 36 heteroatoms. The first kappa shape index (κ1) is 90.3. The van der Waals surface area contributed by atoms with Crippen molar-refractivity contribution in [2.45, 2.75) is 189 Å². The zero-order chi connectivity index (χ0) is 88.2. The van der Waals surface area contributed by atoms with Crippen molar-refractivity contribution in [1.82, 2.24) is 78.7 Å². The predicted octanol–water partition coefficient (Wildman–Crippen LogP) is 10.5. The molecule has 0 radical (unpaired) electrons. The lowest BCUT2D eigenvalue weighted by Gasteiger charge is -2.47. The summed E-state index contributed by atoms with van der Waals surface area (Å²) in [6, 6.07) is 44.3. The van der Waals surface area contributed by atoms with E-state index in [-0.39, 0.29) is 24.4 Å². The van der Waals surface area contributed by atoms with E-state index < -0.39 is 0 Å². The SMILES string of the molecule is Cc1cc([C@H]2CN(C3CCN(C4=NN=C(N)C4)CC3)[C@@H](Cc3ccc(Cl)cc3)CO2)nn1C.Cn1nccc1[C@H]1CN(C2CCN(C3=NN=C(N)C3)CC2)[C@@H](Cc2ccc(Cl)cc2)CO1.NC1=NN=C(N2CCC(N3C[C@H](Cn4cccn4)OC[C@@H]3Cc3ccc(Cl)cc3)CC2)C1.NC1=NN=C(N2CCC(N3C[C@H](c4ccn[nH]4)OC[C@@H]3Cc3ccc(Cl)cc3)CC2)C1. The normalized spacial score (nSPS) is 25.1. The molecule has 128 heavy (non-hydrogen) atoms. The summed E-state index contributed by atoms with van der Waals surface area (Å²) in [5, 5.41) is 56.8. The highest BCUT2D eigenvalue weighted by molar-refractivity contribution is 6.31. The van der Waals surface area contributed by atoms with Gasteiger partial charge in [-0.1, -0.05) is 94.9 Å². The number of likely N-dealkylation sites (tertiary alicyclic amines) is 4. The quantitative estimate of drug-likeness (QED) is 0.0565. The van der Waals surface area contributed by atoms with Crippen LogP contribution in [0.15, 0.2) is 187 Å². The molecule has 8 atom stereocenters. The van der Waals surface area contributed by atoms with Gasteiger partial charge in [0.25, 0.3) is 0 Å². The Balaban J connectivity index is 0.000000120. The number of nitrogens with one attached hydrogen (secondary N) is 1. The van der Waals surface area contributed by atoms with E-state index in [2.05, 4.69) is 168 Å². The van der Waals surface area contributed by atoms with Crippen LogP contribution in [0.1, 0.15) is 140 Å². The van der Waals surface area contributed by atoms with Crippen LogP contribution >= 0.6 is 46.4 Å². The van der Waals surface area contributed by atoms with Crippen LogP contribution in [0.25, 0.3) is 0 Å². The third kappa shape index (κ3) is 23.2. The predicted molar refractivity (Wildman–Crippen MR) is 503 cm³/mol. The van der Waals surface area contributed by atoms with Crippen LogP contribution in [0.2, 0.25) is 20.1 Å². The van der Waals surface area contributed by atoms with Crippen molar-refractivity contribution in [3.05, 3.63) is 211 Å². The van der Waals surface area contributed by atoms with Crippen molar-refractivity contribution in [3.63, 3.8) is 0 Å². The average molecular weight is 1820 g/mol. The van der Waals surface area contributed by atoms with Crippen LogP contribution < -0.4 is 22.9 Å². The minimum Gasteiger partial charge on any atom is -0.385 e. The Labute approximate surface area is 769 Å². The number of H-pyrrole nitrogens is 1. The van der Waals surface area contributed by atoms with Gasteiger partial charge in [0.05, 0.1) is 81.8 Å². The van der Waals surface area contributed by atoms with Crippen molar-refractivity contribution in [1.29, 1.82) is 0 Å². The average Bonchev–Trinajstić information content (AvgIpc) is 1.27. The number of nitrogens with zero attached hydrogens (tertiary/aromatic N) is 23. The molecule has 16 heterocycles. The zero-order valence-electron chi connectivity index (χ0n) is 73.4. The number of amidine groups is 8. The van der Waals surface area contributed by atoms with Gasteiger partial charge >= 0.3 is 0 Å². The van der Waals surface area contributed by atoms with Gasteiger partial charge in [-0.15, -0.1) is 40.8 Å². The van der Waals surface area contributed by atoms with Gasteiger partial charge in [-0.3, -0.25) is 38.7 Å². The number of piperidine rings is 4. The molecule has 8 saturated heterocycles. The lowest BCUT2D eigenvalue weighted by molar-refractivity contribution is -0.0910. The number of hydrogen-bond acceptors (Lipinski definition) is 28. The van der Waals surface area contributed by atoms with Gasteiger partial charge in [-0.25, -0.2) is 0 Å². The summed E-state index contributed by atoms with van der Waals surface area (Å²) in [5.41, 5.74) is 32.8. The van der Waals surface area contributed by atoms with E-state index in [9.17, 15) is 0 Å². The molecule has 0 bridgehead atoms. The Kier molecular flexibility index (Phi) is 30.0.